The molecule has 0 unspecified atom stereocenters. The predicted octanol–water partition coefficient (Wildman–Crippen LogP) is 2.06. The zero-order valence-electron chi connectivity index (χ0n) is 15.8. The molecule has 0 aliphatic rings. The molecule has 3 rings (SSSR count). The van der Waals surface area contributed by atoms with Crippen molar-refractivity contribution in [3.63, 3.8) is 0 Å². The third-order valence-corrected chi connectivity index (χ3v) is 4.02. The third-order valence-electron chi connectivity index (χ3n) is 4.02. The van der Waals surface area contributed by atoms with Gasteiger partial charge in [0.05, 0.1) is 19.4 Å². The lowest BCUT2D eigenvalue weighted by atomic mass is 10.2. The molecule has 150 valence electrons. The fraction of sp³-hybridized carbons (Fsp3) is 0.316. The van der Waals surface area contributed by atoms with Crippen LogP contribution in [0.25, 0.3) is 5.69 Å². The van der Waals surface area contributed by atoms with E-state index >= 15 is 0 Å². The van der Waals surface area contributed by atoms with Gasteiger partial charge >= 0.3 is 0 Å². The van der Waals surface area contributed by atoms with Crippen LogP contribution >= 0.6 is 12.4 Å². The first-order chi connectivity index (χ1) is 13.2. The zero-order chi connectivity index (χ0) is 19.1. The second-order valence-corrected chi connectivity index (χ2v) is 6.02. The number of aliphatic hydroxyl groups is 1. The van der Waals surface area contributed by atoms with E-state index in [1.165, 1.54) is 5.56 Å². The second-order valence-electron chi connectivity index (χ2n) is 6.02. The van der Waals surface area contributed by atoms with Crippen molar-refractivity contribution in [1.82, 2.24) is 25.5 Å². The highest BCUT2D eigenvalue weighted by molar-refractivity contribution is 5.85. The fourth-order valence-electron chi connectivity index (χ4n) is 2.58. The number of nitrogens with one attached hydrogen (secondary N) is 1. The van der Waals surface area contributed by atoms with Gasteiger partial charge in [0.1, 0.15) is 0 Å². The minimum atomic E-state index is 0. The lowest BCUT2D eigenvalue weighted by Crippen LogP contribution is -2.17. The van der Waals surface area contributed by atoms with Gasteiger partial charge in [-0.3, -0.25) is 0 Å². The van der Waals surface area contributed by atoms with E-state index in [2.05, 4.69) is 20.8 Å². The number of methoxy groups -OCH3 is 1. The molecule has 1 heterocycles. The van der Waals surface area contributed by atoms with Crippen LogP contribution in [0.4, 0.5) is 0 Å². The molecule has 0 atom stereocenters. The Balaban J connectivity index is 0.00000280. The highest BCUT2D eigenvalue weighted by Gasteiger charge is 2.11. The van der Waals surface area contributed by atoms with Crippen LogP contribution in [0.5, 0.6) is 11.5 Å². The normalized spacial score (nSPS) is 10.4. The molecule has 28 heavy (non-hydrogen) atoms. The Kier molecular flexibility index (Phi) is 8.19. The molecule has 0 radical (unpaired) electrons. The van der Waals surface area contributed by atoms with E-state index in [0.29, 0.717) is 30.4 Å². The maximum absolute atomic E-state index is 8.84. The van der Waals surface area contributed by atoms with Crippen LogP contribution in [0.1, 0.15) is 17.0 Å². The summed E-state index contributed by atoms with van der Waals surface area (Å²) in [5, 5.41) is 23.8. The number of aryl methyl sites for hydroxylation is 1. The SMILES string of the molecule is COc1cc(CNCCO)ccc1OCc1nnnn1-c1ccc(C)cc1.Cl. The van der Waals surface area contributed by atoms with Gasteiger partial charge in [-0.1, -0.05) is 23.8 Å². The molecule has 0 aliphatic heterocycles. The number of tetrazole rings is 1. The van der Waals surface area contributed by atoms with Gasteiger partial charge in [-0.15, -0.1) is 17.5 Å². The summed E-state index contributed by atoms with van der Waals surface area (Å²) in [5.74, 6) is 1.84. The van der Waals surface area contributed by atoms with Crippen LogP contribution in [0, 0.1) is 6.92 Å². The number of hydrogen-bond donors (Lipinski definition) is 2. The number of rotatable bonds is 9. The molecule has 0 spiro atoms. The molecular formula is C19H24ClN5O3. The van der Waals surface area contributed by atoms with Gasteiger partial charge in [0.15, 0.2) is 23.9 Å². The Hall–Kier alpha value is -2.68. The first-order valence-electron chi connectivity index (χ1n) is 8.67. The van der Waals surface area contributed by atoms with Gasteiger partial charge in [0.2, 0.25) is 0 Å². The molecule has 0 saturated heterocycles. The third kappa shape index (κ3) is 5.41. The average Bonchev–Trinajstić information content (AvgIpc) is 3.16. The first-order valence-corrected chi connectivity index (χ1v) is 8.67. The summed E-state index contributed by atoms with van der Waals surface area (Å²) in [6, 6.07) is 13.7. The number of nitrogens with zero attached hydrogens (tertiary/aromatic N) is 4. The quantitative estimate of drug-likeness (QED) is 0.526. The summed E-state index contributed by atoms with van der Waals surface area (Å²) in [6.45, 7) is 3.53. The van der Waals surface area contributed by atoms with Crippen LogP contribution in [0.3, 0.4) is 0 Å². The maximum Gasteiger partial charge on any atom is 0.194 e. The van der Waals surface area contributed by atoms with Gasteiger partial charge in [-0.25, -0.2) is 0 Å². The van der Waals surface area contributed by atoms with Crippen LogP contribution in [0.15, 0.2) is 42.5 Å². The Bertz CT molecular complexity index is 870. The van der Waals surface area contributed by atoms with E-state index in [4.69, 9.17) is 14.6 Å². The molecule has 0 fully saturated rings. The van der Waals surface area contributed by atoms with Crippen LogP contribution in [-0.4, -0.2) is 45.6 Å². The van der Waals surface area contributed by atoms with Crippen molar-refractivity contribution in [2.75, 3.05) is 20.3 Å². The molecular weight excluding hydrogens is 382 g/mol. The Morgan fingerprint density at radius 2 is 1.89 bits per heavy atom. The highest BCUT2D eigenvalue weighted by Crippen LogP contribution is 2.28. The van der Waals surface area contributed by atoms with Crippen molar-refractivity contribution in [2.45, 2.75) is 20.1 Å². The van der Waals surface area contributed by atoms with Gasteiger partial charge in [-0.05, 0) is 47.2 Å². The van der Waals surface area contributed by atoms with E-state index in [9.17, 15) is 0 Å². The van der Waals surface area contributed by atoms with Crippen LogP contribution in [0.2, 0.25) is 0 Å². The molecule has 0 saturated carbocycles. The number of hydrogen-bond acceptors (Lipinski definition) is 7. The molecule has 8 nitrogen and oxygen atoms in total. The lowest BCUT2D eigenvalue weighted by Gasteiger charge is -2.12. The summed E-state index contributed by atoms with van der Waals surface area (Å²) in [4.78, 5) is 0. The van der Waals surface area contributed by atoms with E-state index in [1.807, 2.05) is 49.4 Å². The molecule has 3 aromatic rings. The molecule has 2 aromatic carbocycles. The van der Waals surface area contributed by atoms with Gasteiger partial charge in [0.25, 0.3) is 0 Å². The van der Waals surface area contributed by atoms with Crippen molar-refractivity contribution < 1.29 is 14.6 Å². The van der Waals surface area contributed by atoms with E-state index < -0.39 is 0 Å². The summed E-state index contributed by atoms with van der Waals surface area (Å²) in [6.07, 6.45) is 0. The van der Waals surface area contributed by atoms with E-state index in [0.717, 1.165) is 11.3 Å². The fourth-order valence-corrected chi connectivity index (χ4v) is 2.58. The Morgan fingerprint density at radius 1 is 1.11 bits per heavy atom. The second kappa shape index (κ2) is 10.6. The first kappa shape index (κ1) is 21.6. The highest BCUT2D eigenvalue weighted by atomic mass is 35.5. The Labute approximate surface area is 169 Å². The predicted molar refractivity (Wildman–Crippen MR) is 107 cm³/mol. The number of aliphatic hydroxyl groups excluding tert-OH is 1. The minimum absolute atomic E-state index is 0. The summed E-state index contributed by atoms with van der Waals surface area (Å²) < 4.78 is 13.0. The van der Waals surface area contributed by atoms with E-state index in [1.54, 1.807) is 11.8 Å². The topological polar surface area (TPSA) is 94.3 Å². The smallest absolute Gasteiger partial charge is 0.194 e. The van der Waals surface area contributed by atoms with Crippen LogP contribution < -0.4 is 14.8 Å². The maximum atomic E-state index is 8.84. The van der Waals surface area contributed by atoms with Crippen molar-refractivity contribution in [2.24, 2.45) is 0 Å². The van der Waals surface area contributed by atoms with Crippen LogP contribution in [-0.2, 0) is 13.2 Å². The summed E-state index contributed by atoms with van der Waals surface area (Å²) in [5.41, 5.74) is 3.08. The Morgan fingerprint density at radius 3 is 2.61 bits per heavy atom. The number of halogens is 1. The van der Waals surface area contributed by atoms with Gasteiger partial charge in [0, 0.05) is 13.1 Å². The van der Waals surface area contributed by atoms with Crippen molar-refractivity contribution in [3.05, 3.63) is 59.4 Å². The molecule has 0 aliphatic carbocycles. The lowest BCUT2D eigenvalue weighted by molar-refractivity contribution is 0.273. The monoisotopic (exact) mass is 405 g/mol. The molecule has 9 heteroatoms. The van der Waals surface area contributed by atoms with Crippen molar-refractivity contribution in [1.29, 1.82) is 0 Å². The van der Waals surface area contributed by atoms with Crippen molar-refractivity contribution >= 4 is 12.4 Å². The minimum Gasteiger partial charge on any atom is -0.493 e. The number of aromatic nitrogens is 4. The molecule has 2 N–H and O–H groups in total. The zero-order valence-corrected chi connectivity index (χ0v) is 16.6. The largest absolute Gasteiger partial charge is 0.493 e. The van der Waals surface area contributed by atoms with Gasteiger partial charge in [-0.2, -0.15) is 4.68 Å². The standard InChI is InChI=1S/C19H23N5O3.ClH/c1-14-3-6-16(7-4-14)24-19(21-22-23-24)13-27-17-8-5-15(11-18(17)26-2)12-20-9-10-25;/h3-8,11,20,25H,9-10,12-13H2,1-2H3;1H. The number of ether oxygens (including phenoxy) is 2. The molecule has 1 aromatic heterocycles. The van der Waals surface area contributed by atoms with Gasteiger partial charge < -0.3 is 19.9 Å². The van der Waals surface area contributed by atoms with Crippen molar-refractivity contribution in [3.8, 4) is 17.2 Å². The molecule has 0 bridgehead atoms. The molecule has 0 amide bonds. The number of benzene rings is 2. The summed E-state index contributed by atoms with van der Waals surface area (Å²) >= 11 is 0. The average molecular weight is 406 g/mol. The van der Waals surface area contributed by atoms with E-state index in [-0.39, 0.29) is 25.6 Å². The summed E-state index contributed by atoms with van der Waals surface area (Å²) in [7, 11) is 1.60.